The molecule has 0 radical (unpaired) electrons. The van der Waals surface area contributed by atoms with Gasteiger partial charge in [0.05, 0.1) is 6.61 Å². The summed E-state index contributed by atoms with van der Waals surface area (Å²) in [7, 11) is 0. The lowest BCUT2D eigenvalue weighted by Gasteiger charge is -2.27. The molecule has 0 saturated heterocycles. The van der Waals surface area contributed by atoms with E-state index in [-0.39, 0.29) is 0 Å². The van der Waals surface area contributed by atoms with Gasteiger partial charge in [-0.1, -0.05) is 37.6 Å². The fraction of sp³-hybridized carbons (Fsp3) is 0.579. The van der Waals surface area contributed by atoms with Gasteiger partial charge in [0.1, 0.15) is 5.75 Å². The van der Waals surface area contributed by atoms with Crippen molar-refractivity contribution in [3.8, 4) is 5.75 Å². The Morgan fingerprint density at radius 3 is 2.35 bits per heavy atom. The van der Waals surface area contributed by atoms with Crippen LogP contribution in [0.25, 0.3) is 0 Å². The van der Waals surface area contributed by atoms with E-state index in [1.165, 1.54) is 44.1 Å². The maximum atomic E-state index is 5.51. The number of unbranched alkanes of at least 4 members (excludes halogenated alkanes) is 1. The quantitative estimate of drug-likeness (QED) is 0.602. The molecule has 0 N–H and O–H groups in total. The van der Waals surface area contributed by atoms with Crippen LogP contribution < -0.4 is 4.74 Å². The van der Waals surface area contributed by atoms with E-state index in [1.54, 1.807) is 0 Å². The van der Waals surface area contributed by atoms with Gasteiger partial charge in [-0.05, 0) is 68.6 Å². The molecule has 1 heteroatoms. The third-order valence-electron chi connectivity index (χ3n) is 4.30. The summed E-state index contributed by atoms with van der Waals surface area (Å²) in [5.41, 5.74) is 1.49. The highest BCUT2D eigenvalue weighted by Crippen LogP contribution is 2.36. The van der Waals surface area contributed by atoms with Crippen molar-refractivity contribution in [3.05, 3.63) is 42.0 Å². The molecule has 110 valence electrons. The van der Waals surface area contributed by atoms with E-state index in [0.717, 1.165) is 24.2 Å². The molecule has 0 atom stereocenters. The molecule has 1 saturated carbocycles. The van der Waals surface area contributed by atoms with Gasteiger partial charge in [-0.3, -0.25) is 0 Å². The Balaban J connectivity index is 1.83. The molecule has 0 aliphatic heterocycles. The molecule has 1 aromatic carbocycles. The van der Waals surface area contributed by atoms with Crippen molar-refractivity contribution in [1.29, 1.82) is 0 Å². The Kier molecular flexibility index (Phi) is 6.17. The van der Waals surface area contributed by atoms with Gasteiger partial charge in [0.2, 0.25) is 0 Å². The van der Waals surface area contributed by atoms with Crippen LogP contribution in [0.3, 0.4) is 0 Å². The molecule has 20 heavy (non-hydrogen) atoms. The molecule has 0 heterocycles. The van der Waals surface area contributed by atoms with Crippen LogP contribution in [0.2, 0.25) is 0 Å². The molecular formula is C19H28O. The summed E-state index contributed by atoms with van der Waals surface area (Å²) < 4.78 is 5.51. The van der Waals surface area contributed by atoms with E-state index in [1.807, 2.05) is 6.92 Å². The minimum absolute atomic E-state index is 0.745. The van der Waals surface area contributed by atoms with Crippen LogP contribution in [0, 0.1) is 5.92 Å². The molecule has 0 amide bonds. The first kappa shape index (κ1) is 15.2. The second-order valence-corrected chi connectivity index (χ2v) is 5.83. The van der Waals surface area contributed by atoms with Crippen LogP contribution in [0.1, 0.15) is 63.9 Å². The second-order valence-electron chi connectivity index (χ2n) is 5.83. The number of benzene rings is 1. The monoisotopic (exact) mass is 272 g/mol. The van der Waals surface area contributed by atoms with Crippen molar-refractivity contribution in [1.82, 2.24) is 0 Å². The first-order valence-corrected chi connectivity index (χ1v) is 8.22. The van der Waals surface area contributed by atoms with Crippen molar-refractivity contribution < 1.29 is 4.74 Å². The summed E-state index contributed by atoms with van der Waals surface area (Å²) in [6.07, 6.45) is 12.7. The molecule has 0 unspecified atom stereocenters. The topological polar surface area (TPSA) is 9.23 Å². The van der Waals surface area contributed by atoms with Gasteiger partial charge in [-0.15, -0.1) is 0 Å². The lowest BCUT2D eigenvalue weighted by Crippen LogP contribution is -2.11. The van der Waals surface area contributed by atoms with Gasteiger partial charge in [0.15, 0.2) is 0 Å². The Hall–Kier alpha value is -1.24. The fourth-order valence-electron chi connectivity index (χ4n) is 3.10. The van der Waals surface area contributed by atoms with Crippen LogP contribution >= 0.6 is 0 Å². The number of hydrogen-bond donors (Lipinski definition) is 0. The van der Waals surface area contributed by atoms with E-state index < -0.39 is 0 Å². The first-order valence-electron chi connectivity index (χ1n) is 8.22. The normalized spacial score (nSPS) is 23.1. The molecule has 1 aromatic rings. The van der Waals surface area contributed by atoms with E-state index in [0.29, 0.717) is 0 Å². The average Bonchev–Trinajstić information content (AvgIpc) is 2.49. The largest absolute Gasteiger partial charge is 0.494 e. The predicted molar refractivity (Wildman–Crippen MR) is 86.4 cm³/mol. The Morgan fingerprint density at radius 1 is 1.05 bits per heavy atom. The smallest absolute Gasteiger partial charge is 0.119 e. The zero-order valence-electron chi connectivity index (χ0n) is 13.0. The van der Waals surface area contributed by atoms with E-state index in [4.69, 9.17) is 4.74 Å². The third kappa shape index (κ3) is 4.40. The number of allylic oxidation sites excluding steroid dienone is 2. The Morgan fingerprint density at radius 2 is 1.75 bits per heavy atom. The van der Waals surface area contributed by atoms with E-state index >= 15 is 0 Å². The highest BCUT2D eigenvalue weighted by atomic mass is 16.5. The minimum atomic E-state index is 0.745. The number of hydrogen-bond acceptors (Lipinski definition) is 1. The minimum Gasteiger partial charge on any atom is -0.494 e. The first-order chi connectivity index (χ1) is 9.83. The lowest BCUT2D eigenvalue weighted by atomic mass is 9.78. The average molecular weight is 272 g/mol. The summed E-state index contributed by atoms with van der Waals surface area (Å²) in [5.74, 6) is 2.56. The summed E-state index contributed by atoms with van der Waals surface area (Å²) in [6.45, 7) is 5.02. The van der Waals surface area contributed by atoms with E-state index in [2.05, 4.69) is 43.3 Å². The van der Waals surface area contributed by atoms with Crippen molar-refractivity contribution in [2.45, 2.75) is 58.3 Å². The maximum Gasteiger partial charge on any atom is 0.119 e. The number of rotatable bonds is 6. The molecular weight excluding hydrogens is 244 g/mol. The maximum absolute atomic E-state index is 5.51. The summed E-state index contributed by atoms with van der Waals surface area (Å²) >= 11 is 0. The van der Waals surface area contributed by atoms with E-state index in [9.17, 15) is 0 Å². The molecule has 0 spiro atoms. The van der Waals surface area contributed by atoms with Crippen LogP contribution in [0.4, 0.5) is 0 Å². The molecule has 0 aromatic heterocycles. The summed E-state index contributed by atoms with van der Waals surface area (Å²) in [5, 5.41) is 0. The molecule has 1 fully saturated rings. The second kappa shape index (κ2) is 8.14. The van der Waals surface area contributed by atoms with Gasteiger partial charge >= 0.3 is 0 Å². The highest BCUT2D eigenvalue weighted by molar-refractivity contribution is 5.29. The molecule has 1 aliphatic carbocycles. The van der Waals surface area contributed by atoms with Crippen LogP contribution in [-0.4, -0.2) is 6.61 Å². The molecule has 1 aliphatic rings. The Labute approximate surface area is 124 Å². The fourth-order valence-corrected chi connectivity index (χ4v) is 3.10. The van der Waals surface area contributed by atoms with Crippen LogP contribution in [0.15, 0.2) is 36.4 Å². The third-order valence-corrected chi connectivity index (χ3v) is 4.30. The van der Waals surface area contributed by atoms with Crippen molar-refractivity contribution in [3.63, 3.8) is 0 Å². The van der Waals surface area contributed by atoms with Crippen LogP contribution in [-0.2, 0) is 0 Å². The highest BCUT2D eigenvalue weighted by Gasteiger charge is 2.20. The van der Waals surface area contributed by atoms with Gasteiger partial charge in [0.25, 0.3) is 0 Å². The van der Waals surface area contributed by atoms with Crippen molar-refractivity contribution in [2.24, 2.45) is 5.92 Å². The molecule has 0 bridgehead atoms. The standard InChI is InChI=1S/C19H28O/c1-3-5-6-7-16-8-10-17(11-9-16)18-12-14-19(15-13-18)20-4-2/h6-7,12-17H,3-5,8-11H2,1-2H3/t16-,17-. The predicted octanol–water partition coefficient (Wildman–Crippen LogP) is 5.72. The van der Waals surface area contributed by atoms with Gasteiger partial charge in [-0.2, -0.15) is 0 Å². The zero-order chi connectivity index (χ0) is 14.2. The molecule has 2 rings (SSSR count). The summed E-state index contributed by atoms with van der Waals surface area (Å²) in [6, 6.07) is 8.74. The Bertz CT molecular complexity index is 396. The van der Waals surface area contributed by atoms with Crippen molar-refractivity contribution >= 4 is 0 Å². The SMILES string of the molecule is CCCC=C[C@H]1CC[C@H](c2ccc(OCC)cc2)CC1. The summed E-state index contributed by atoms with van der Waals surface area (Å²) in [4.78, 5) is 0. The van der Waals surface area contributed by atoms with Gasteiger partial charge in [0, 0.05) is 0 Å². The van der Waals surface area contributed by atoms with Gasteiger partial charge < -0.3 is 4.74 Å². The lowest BCUT2D eigenvalue weighted by molar-refractivity contribution is 0.339. The van der Waals surface area contributed by atoms with Crippen molar-refractivity contribution in [2.75, 3.05) is 6.61 Å². The zero-order valence-corrected chi connectivity index (χ0v) is 13.0. The molecule has 1 nitrogen and oxygen atoms in total. The number of ether oxygens (including phenoxy) is 1. The van der Waals surface area contributed by atoms with Gasteiger partial charge in [-0.25, -0.2) is 0 Å². The van der Waals surface area contributed by atoms with Crippen LogP contribution in [0.5, 0.6) is 5.75 Å².